The molecule has 23 heavy (non-hydrogen) atoms. The summed E-state index contributed by atoms with van der Waals surface area (Å²) >= 11 is 6.22. The zero-order chi connectivity index (χ0) is 16.7. The van der Waals surface area contributed by atoms with Crippen LogP contribution < -0.4 is 0 Å². The van der Waals surface area contributed by atoms with E-state index in [0.717, 1.165) is 12.8 Å². The van der Waals surface area contributed by atoms with Gasteiger partial charge in [-0.2, -0.15) is 0 Å². The van der Waals surface area contributed by atoms with Crippen molar-refractivity contribution in [2.75, 3.05) is 6.26 Å². The van der Waals surface area contributed by atoms with Crippen LogP contribution in [0.5, 0.6) is 0 Å². The first-order valence-corrected chi connectivity index (χ1v) is 9.16. The molecule has 0 amide bonds. The molecule has 1 unspecified atom stereocenters. The molecule has 0 N–H and O–H groups in total. The quantitative estimate of drug-likeness (QED) is 0.759. The number of hydrogen-bond acceptors (Lipinski definition) is 4. The van der Waals surface area contributed by atoms with E-state index in [9.17, 15) is 9.00 Å². The van der Waals surface area contributed by atoms with Gasteiger partial charge in [0.15, 0.2) is 11.5 Å². The standard InChI is InChI=1S/C17H16ClNO3S/c1-9(2)14-13(18)7-6-11(17(14)23(3)21)15(20)12-8-19-22-16(12)10-4-5-10/h6-8,10H,1,4-5H2,2-3H3. The predicted molar refractivity (Wildman–Crippen MR) is 90.4 cm³/mol. The van der Waals surface area contributed by atoms with E-state index >= 15 is 0 Å². The highest BCUT2D eigenvalue weighted by Crippen LogP contribution is 2.42. The van der Waals surface area contributed by atoms with Gasteiger partial charge in [-0.25, -0.2) is 0 Å². The van der Waals surface area contributed by atoms with E-state index < -0.39 is 10.8 Å². The van der Waals surface area contributed by atoms with E-state index in [1.165, 1.54) is 12.5 Å². The van der Waals surface area contributed by atoms with E-state index in [1.807, 2.05) is 0 Å². The highest BCUT2D eigenvalue weighted by Gasteiger charge is 2.33. The van der Waals surface area contributed by atoms with Crippen molar-refractivity contribution in [2.24, 2.45) is 0 Å². The lowest BCUT2D eigenvalue weighted by molar-refractivity contribution is 0.103. The minimum Gasteiger partial charge on any atom is -0.360 e. The van der Waals surface area contributed by atoms with Crippen LogP contribution in [0.4, 0.5) is 0 Å². The summed E-state index contributed by atoms with van der Waals surface area (Å²) in [7, 11) is -1.38. The molecule has 6 heteroatoms. The zero-order valence-corrected chi connectivity index (χ0v) is 14.5. The van der Waals surface area contributed by atoms with Crippen molar-refractivity contribution in [3.63, 3.8) is 0 Å². The summed E-state index contributed by atoms with van der Waals surface area (Å²) in [6.07, 6.45) is 4.97. The van der Waals surface area contributed by atoms with E-state index in [-0.39, 0.29) is 11.7 Å². The van der Waals surface area contributed by atoms with Crippen molar-refractivity contribution in [2.45, 2.75) is 30.6 Å². The summed E-state index contributed by atoms with van der Waals surface area (Å²) < 4.78 is 17.5. The van der Waals surface area contributed by atoms with Crippen LogP contribution in [0, 0.1) is 0 Å². The Bertz CT molecular complexity index is 836. The molecule has 0 saturated heterocycles. The molecule has 1 aromatic heterocycles. The minimum atomic E-state index is -1.38. The average Bonchev–Trinajstić information content (AvgIpc) is 3.22. The lowest BCUT2D eigenvalue weighted by atomic mass is 9.98. The van der Waals surface area contributed by atoms with Gasteiger partial charge in [0, 0.05) is 28.3 Å². The third-order valence-electron chi connectivity index (χ3n) is 3.86. The van der Waals surface area contributed by atoms with E-state index in [1.54, 1.807) is 19.1 Å². The van der Waals surface area contributed by atoms with Gasteiger partial charge < -0.3 is 4.52 Å². The zero-order valence-electron chi connectivity index (χ0n) is 12.9. The molecule has 1 aromatic carbocycles. The van der Waals surface area contributed by atoms with Gasteiger partial charge in [0.05, 0.1) is 27.5 Å². The predicted octanol–water partition coefficient (Wildman–Crippen LogP) is 4.21. The molecular formula is C17H16ClNO3S. The van der Waals surface area contributed by atoms with Gasteiger partial charge in [0.2, 0.25) is 0 Å². The second-order valence-corrected chi connectivity index (χ2v) is 7.46. The maximum Gasteiger partial charge on any atom is 0.199 e. The van der Waals surface area contributed by atoms with Crippen LogP contribution in [0.2, 0.25) is 5.02 Å². The molecule has 4 nitrogen and oxygen atoms in total. The number of benzene rings is 1. The third kappa shape index (κ3) is 2.91. The maximum atomic E-state index is 13.0. The summed E-state index contributed by atoms with van der Waals surface area (Å²) in [5.41, 5.74) is 2.04. The van der Waals surface area contributed by atoms with Crippen molar-refractivity contribution in [3.05, 3.63) is 52.4 Å². The smallest absolute Gasteiger partial charge is 0.199 e. The number of carbonyl (C=O) groups excluding carboxylic acids is 1. The van der Waals surface area contributed by atoms with E-state index in [4.69, 9.17) is 16.1 Å². The summed E-state index contributed by atoms with van der Waals surface area (Å²) in [6, 6.07) is 3.25. The number of aromatic nitrogens is 1. The number of nitrogens with zero attached hydrogens (tertiary/aromatic N) is 1. The molecule has 0 spiro atoms. The van der Waals surface area contributed by atoms with Gasteiger partial charge in [-0.3, -0.25) is 9.00 Å². The minimum absolute atomic E-state index is 0.238. The van der Waals surface area contributed by atoms with Crippen LogP contribution in [0.25, 0.3) is 5.57 Å². The number of allylic oxidation sites excluding steroid dienone is 1. The van der Waals surface area contributed by atoms with Crippen LogP contribution >= 0.6 is 11.6 Å². The molecule has 0 bridgehead atoms. The van der Waals surface area contributed by atoms with Crippen molar-refractivity contribution in [1.29, 1.82) is 0 Å². The molecule has 1 aliphatic carbocycles. The Morgan fingerprint density at radius 1 is 1.39 bits per heavy atom. The molecule has 2 aromatic rings. The van der Waals surface area contributed by atoms with Crippen molar-refractivity contribution in [1.82, 2.24) is 5.16 Å². The fourth-order valence-electron chi connectivity index (χ4n) is 2.64. The van der Waals surface area contributed by atoms with E-state index in [0.29, 0.717) is 37.9 Å². The number of rotatable bonds is 5. The van der Waals surface area contributed by atoms with Gasteiger partial charge in [0.25, 0.3) is 0 Å². The third-order valence-corrected chi connectivity index (χ3v) is 5.17. The average molecular weight is 350 g/mol. The van der Waals surface area contributed by atoms with E-state index in [2.05, 4.69) is 11.7 Å². The van der Waals surface area contributed by atoms with Crippen molar-refractivity contribution < 1.29 is 13.5 Å². The van der Waals surface area contributed by atoms with Crippen molar-refractivity contribution in [3.8, 4) is 0 Å². The van der Waals surface area contributed by atoms with Crippen LogP contribution in [0.15, 0.2) is 34.3 Å². The molecule has 1 saturated carbocycles. The second-order valence-electron chi connectivity index (χ2n) is 5.74. The normalized spacial score (nSPS) is 15.4. The van der Waals surface area contributed by atoms with Gasteiger partial charge in [-0.05, 0) is 37.5 Å². The van der Waals surface area contributed by atoms with Gasteiger partial charge in [-0.15, -0.1) is 0 Å². The Morgan fingerprint density at radius 2 is 2.09 bits per heavy atom. The summed E-state index contributed by atoms with van der Waals surface area (Å²) in [5, 5.41) is 4.20. The fourth-order valence-corrected chi connectivity index (χ4v) is 4.05. The molecule has 1 atom stereocenters. The molecule has 0 radical (unpaired) electrons. The second kappa shape index (κ2) is 6.06. The Morgan fingerprint density at radius 3 is 2.65 bits per heavy atom. The first-order chi connectivity index (χ1) is 10.9. The van der Waals surface area contributed by atoms with Crippen LogP contribution in [0.3, 0.4) is 0 Å². The Labute approximate surface area is 142 Å². The van der Waals surface area contributed by atoms with Gasteiger partial charge in [-0.1, -0.05) is 23.3 Å². The van der Waals surface area contributed by atoms with Crippen LogP contribution in [-0.2, 0) is 10.8 Å². The molecule has 3 rings (SSSR count). The highest BCUT2D eigenvalue weighted by atomic mass is 35.5. The Hall–Kier alpha value is -1.72. The number of halogens is 1. The maximum absolute atomic E-state index is 13.0. The Kier molecular flexibility index (Phi) is 4.25. The monoisotopic (exact) mass is 349 g/mol. The molecule has 1 aliphatic rings. The number of carbonyl (C=O) groups is 1. The highest BCUT2D eigenvalue weighted by molar-refractivity contribution is 7.84. The molecular weight excluding hydrogens is 334 g/mol. The number of hydrogen-bond donors (Lipinski definition) is 0. The molecule has 1 heterocycles. The van der Waals surface area contributed by atoms with Crippen molar-refractivity contribution >= 4 is 33.8 Å². The number of ketones is 1. The lowest BCUT2D eigenvalue weighted by Crippen LogP contribution is -2.10. The SMILES string of the molecule is C=C(C)c1c(Cl)ccc(C(=O)c2cnoc2C2CC2)c1S(C)=O. The molecule has 120 valence electrons. The summed E-state index contributed by atoms with van der Waals surface area (Å²) in [6.45, 7) is 5.67. The topological polar surface area (TPSA) is 60.2 Å². The summed E-state index contributed by atoms with van der Waals surface area (Å²) in [5.74, 6) is 0.645. The largest absolute Gasteiger partial charge is 0.360 e. The van der Waals surface area contributed by atoms with Gasteiger partial charge >= 0.3 is 0 Å². The Balaban J connectivity index is 2.17. The molecule has 0 aliphatic heterocycles. The summed E-state index contributed by atoms with van der Waals surface area (Å²) in [4.78, 5) is 13.4. The fraction of sp³-hybridized carbons (Fsp3) is 0.294. The first-order valence-electron chi connectivity index (χ1n) is 7.23. The van der Waals surface area contributed by atoms with Crippen LogP contribution in [-0.4, -0.2) is 21.4 Å². The van der Waals surface area contributed by atoms with Crippen LogP contribution in [0.1, 0.15) is 52.9 Å². The lowest BCUT2D eigenvalue weighted by Gasteiger charge is -2.14. The first kappa shape index (κ1) is 16.1. The van der Waals surface area contributed by atoms with Gasteiger partial charge in [0.1, 0.15) is 0 Å². The molecule has 1 fully saturated rings.